The summed E-state index contributed by atoms with van der Waals surface area (Å²) in [6.07, 6.45) is 3.93. The molecule has 5 heteroatoms. The number of nitrogens with one attached hydrogen (secondary N) is 2. The summed E-state index contributed by atoms with van der Waals surface area (Å²) in [7, 11) is 0. The number of nitrogens with zero attached hydrogens (tertiary/aromatic N) is 1. The number of rotatable bonds is 6. The fourth-order valence-corrected chi connectivity index (χ4v) is 1.03. The summed E-state index contributed by atoms with van der Waals surface area (Å²) in [4.78, 5) is 4.45. The van der Waals surface area contributed by atoms with E-state index in [2.05, 4.69) is 42.3 Å². The van der Waals surface area contributed by atoms with Crippen molar-refractivity contribution >= 4 is 41.7 Å². The Morgan fingerprint density at radius 1 is 1.53 bits per heavy atom. The Morgan fingerprint density at radius 2 is 2.20 bits per heavy atom. The highest BCUT2D eigenvalue weighted by Gasteiger charge is 1.98. The normalized spacial score (nSPS) is 12.6. The van der Waals surface area contributed by atoms with Crippen molar-refractivity contribution in [3.63, 3.8) is 0 Å². The zero-order chi connectivity index (χ0) is 10.8. The Hall–Kier alpha value is 0.0900. The first-order valence-corrected chi connectivity index (χ1v) is 6.19. The van der Waals surface area contributed by atoms with Gasteiger partial charge in [0.25, 0.3) is 0 Å². The maximum Gasteiger partial charge on any atom is 0.191 e. The lowest BCUT2D eigenvalue weighted by Gasteiger charge is -2.10. The molecule has 0 aromatic heterocycles. The van der Waals surface area contributed by atoms with E-state index < -0.39 is 0 Å². The summed E-state index contributed by atoms with van der Waals surface area (Å²) in [6, 6.07) is 0. The lowest BCUT2D eigenvalue weighted by molar-refractivity contribution is 0.849. The molecule has 3 nitrogen and oxygen atoms in total. The lowest BCUT2D eigenvalue weighted by Crippen LogP contribution is -2.37. The van der Waals surface area contributed by atoms with E-state index in [1.54, 1.807) is 0 Å². The SMILES string of the molecule is C=CCNC(=NCC(C)SC)NCC.I. The van der Waals surface area contributed by atoms with Crippen molar-refractivity contribution in [2.45, 2.75) is 19.1 Å². The molecule has 0 aliphatic carbocycles. The van der Waals surface area contributed by atoms with Gasteiger partial charge in [-0.05, 0) is 13.2 Å². The molecule has 0 saturated heterocycles. The van der Waals surface area contributed by atoms with E-state index in [0.29, 0.717) is 5.25 Å². The van der Waals surface area contributed by atoms with Crippen molar-refractivity contribution in [1.29, 1.82) is 0 Å². The third kappa shape index (κ3) is 10.4. The highest BCUT2D eigenvalue weighted by molar-refractivity contribution is 14.0. The molecule has 2 N–H and O–H groups in total. The minimum Gasteiger partial charge on any atom is -0.357 e. The van der Waals surface area contributed by atoms with Gasteiger partial charge in [0, 0.05) is 18.3 Å². The molecule has 0 spiro atoms. The monoisotopic (exact) mass is 343 g/mol. The van der Waals surface area contributed by atoms with Crippen molar-refractivity contribution in [3.05, 3.63) is 12.7 Å². The van der Waals surface area contributed by atoms with Gasteiger partial charge in [-0.2, -0.15) is 11.8 Å². The van der Waals surface area contributed by atoms with Gasteiger partial charge in [-0.15, -0.1) is 30.6 Å². The first-order valence-electron chi connectivity index (χ1n) is 4.90. The maximum absolute atomic E-state index is 4.45. The van der Waals surface area contributed by atoms with E-state index in [0.717, 1.165) is 25.6 Å². The van der Waals surface area contributed by atoms with Crippen LogP contribution in [0.2, 0.25) is 0 Å². The van der Waals surface area contributed by atoms with E-state index in [9.17, 15) is 0 Å². The summed E-state index contributed by atoms with van der Waals surface area (Å²) in [5, 5.41) is 6.90. The number of guanidine groups is 1. The topological polar surface area (TPSA) is 36.4 Å². The predicted octanol–water partition coefficient (Wildman–Crippen LogP) is 2.10. The van der Waals surface area contributed by atoms with Gasteiger partial charge in [0.05, 0.1) is 6.54 Å². The molecular weight excluding hydrogens is 321 g/mol. The molecule has 1 unspecified atom stereocenters. The summed E-state index contributed by atoms with van der Waals surface area (Å²) in [5.74, 6) is 0.869. The van der Waals surface area contributed by atoms with Gasteiger partial charge in [-0.1, -0.05) is 13.0 Å². The zero-order valence-corrected chi connectivity index (χ0v) is 12.9. The second-order valence-electron chi connectivity index (χ2n) is 2.94. The molecule has 0 aliphatic rings. The van der Waals surface area contributed by atoms with E-state index in [4.69, 9.17) is 0 Å². The molecule has 0 aliphatic heterocycles. The molecule has 0 amide bonds. The van der Waals surface area contributed by atoms with Crippen molar-refractivity contribution in [1.82, 2.24) is 10.6 Å². The Bertz CT molecular complexity index is 186. The molecule has 15 heavy (non-hydrogen) atoms. The summed E-state index contributed by atoms with van der Waals surface area (Å²) >= 11 is 1.83. The second kappa shape index (κ2) is 12.2. The van der Waals surface area contributed by atoms with E-state index >= 15 is 0 Å². The van der Waals surface area contributed by atoms with Crippen LogP contribution in [0.5, 0.6) is 0 Å². The number of halogens is 1. The predicted molar refractivity (Wildman–Crippen MR) is 82.6 cm³/mol. The molecule has 0 bridgehead atoms. The van der Waals surface area contributed by atoms with Gasteiger partial charge in [0.1, 0.15) is 0 Å². The molecule has 0 rings (SSSR count). The van der Waals surface area contributed by atoms with Gasteiger partial charge >= 0.3 is 0 Å². The highest BCUT2D eigenvalue weighted by Crippen LogP contribution is 2.04. The third-order valence-corrected chi connectivity index (χ3v) is 2.62. The molecule has 0 fully saturated rings. The number of thioether (sulfide) groups is 1. The van der Waals surface area contributed by atoms with E-state index in [1.165, 1.54) is 0 Å². The van der Waals surface area contributed by atoms with Crippen LogP contribution in [0, 0.1) is 0 Å². The summed E-state index contributed by atoms with van der Waals surface area (Å²) < 4.78 is 0. The Kier molecular flexibility index (Phi) is 14.2. The first-order chi connectivity index (χ1) is 6.74. The van der Waals surface area contributed by atoms with E-state index in [-0.39, 0.29) is 24.0 Å². The third-order valence-electron chi connectivity index (χ3n) is 1.67. The number of aliphatic imine (C=N–C) groups is 1. The highest BCUT2D eigenvalue weighted by atomic mass is 127. The number of hydrogen-bond acceptors (Lipinski definition) is 2. The Morgan fingerprint density at radius 3 is 2.67 bits per heavy atom. The molecule has 1 atom stereocenters. The van der Waals surface area contributed by atoms with Crippen LogP contribution in [0.4, 0.5) is 0 Å². The van der Waals surface area contributed by atoms with Gasteiger partial charge in [0.15, 0.2) is 5.96 Å². The van der Waals surface area contributed by atoms with Crippen LogP contribution in [0.1, 0.15) is 13.8 Å². The second-order valence-corrected chi connectivity index (χ2v) is 4.21. The molecule has 90 valence electrons. The Balaban J connectivity index is 0. The summed E-state index contributed by atoms with van der Waals surface area (Å²) in [6.45, 7) is 10.4. The van der Waals surface area contributed by atoms with Crippen LogP contribution in [-0.2, 0) is 0 Å². The smallest absolute Gasteiger partial charge is 0.191 e. The lowest BCUT2D eigenvalue weighted by atomic mass is 10.5. The van der Waals surface area contributed by atoms with Gasteiger partial charge in [-0.25, -0.2) is 0 Å². The Labute approximate surface area is 115 Å². The van der Waals surface area contributed by atoms with Crippen molar-refractivity contribution in [2.75, 3.05) is 25.9 Å². The van der Waals surface area contributed by atoms with Crippen LogP contribution in [0.15, 0.2) is 17.6 Å². The van der Waals surface area contributed by atoms with Crippen molar-refractivity contribution in [3.8, 4) is 0 Å². The maximum atomic E-state index is 4.45. The quantitative estimate of drug-likeness (QED) is 0.336. The molecule has 0 radical (unpaired) electrons. The standard InChI is InChI=1S/C10H21N3S.HI/c1-5-7-12-10(11-6-2)13-8-9(3)14-4;/h5,9H,1,6-8H2,2-4H3,(H2,11,12,13);1H. The molecule has 0 aromatic carbocycles. The molecule has 0 saturated carbocycles. The molecule has 0 heterocycles. The average molecular weight is 343 g/mol. The molecular formula is C10H22IN3S. The fraction of sp³-hybridized carbons (Fsp3) is 0.700. The fourth-order valence-electron chi connectivity index (χ4n) is 0.805. The van der Waals surface area contributed by atoms with Crippen LogP contribution < -0.4 is 10.6 Å². The van der Waals surface area contributed by atoms with Crippen LogP contribution >= 0.6 is 35.7 Å². The first kappa shape index (κ1) is 17.5. The summed E-state index contributed by atoms with van der Waals surface area (Å²) in [5.41, 5.74) is 0. The minimum absolute atomic E-state index is 0. The van der Waals surface area contributed by atoms with Gasteiger partial charge in [0.2, 0.25) is 0 Å². The van der Waals surface area contributed by atoms with Crippen LogP contribution in [-0.4, -0.2) is 37.1 Å². The van der Waals surface area contributed by atoms with Gasteiger partial charge in [-0.3, -0.25) is 4.99 Å². The van der Waals surface area contributed by atoms with Crippen molar-refractivity contribution in [2.24, 2.45) is 4.99 Å². The minimum atomic E-state index is 0. The average Bonchev–Trinajstić information content (AvgIpc) is 2.21. The number of hydrogen-bond donors (Lipinski definition) is 2. The van der Waals surface area contributed by atoms with Crippen molar-refractivity contribution < 1.29 is 0 Å². The van der Waals surface area contributed by atoms with E-state index in [1.807, 2.05) is 17.8 Å². The van der Waals surface area contributed by atoms with Gasteiger partial charge < -0.3 is 10.6 Å². The van der Waals surface area contributed by atoms with Crippen LogP contribution in [0.3, 0.4) is 0 Å². The molecule has 0 aromatic rings. The van der Waals surface area contributed by atoms with Crippen LogP contribution in [0.25, 0.3) is 0 Å². The largest absolute Gasteiger partial charge is 0.357 e. The zero-order valence-electron chi connectivity index (χ0n) is 9.75.